The largest absolute Gasteiger partial charge is 0.375 e. The van der Waals surface area contributed by atoms with Crippen molar-refractivity contribution in [3.8, 4) is 0 Å². The van der Waals surface area contributed by atoms with Crippen LogP contribution < -0.4 is 5.73 Å². The minimum Gasteiger partial charge on any atom is -0.375 e. The number of hydrogen-bond acceptors (Lipinski definition) is 5. The summed E-state index contributed by atoms with van der Waals surface area (Å²) >= 11 is 3.28. The van der Waals surface area contributed by atoms with Crippen LogP contribution >= 0.6 is 22.7 Å². The minimum atomic E-state index is 0.648. The Morgan fingerprint density at radius 3 is 2.87 bits per heavy atom. The molecule has 0 spiro atoms. The van der Waals surface area contributed by atoms with Gasteiger partial charge in [-0.2, -0.15) is 0 Å². The molecule has 0 aliphatic heterocycles. The van der Waals surface area contributed by atoms with Gasteiger partial charge in [0.05, 0.1) is 5.69 Å². The lowest BCUT2D eigenvalue weighted by Gasteiger charge is -2.13. The summed E-state index contributed by atoms with van der Waals surface area (Å²) in [5.74, 6) is 0. The third-order valence-electron chi connectivity index (χ3n) is 2.01. The third kappa shape index (κ3) is 3.02. The average molecular weight is 239 g/mol. The molecule has 0 amide bonds. The van der Waals surface area contributed by atoms with Crippen LogP contribution in [0.3, 0.4) is 0 Å². The van der Waals surface area contributed by atoms with E-state index in [1.54, 1.807) is 11.3 Å². The van der Waals surface area contributed by atoms with Crippen LogP contribution in [0.25, 0.3) is 0 Å². The second-order valence-corrected chi connectivity index (χ2v) is 5.35. The van der Waals surface area contributed by atoms with Crippen LogP contribution in [0.1, 0.15) is 10.6 Å². The third-order valence-corrected chi connectivity index (χ3v) is 3.59. The molecule has 5 heteroatoms. The summed E-state index contributed by atoms with van der Waals surface area (Å²) in [7, 11) is 2.09. The van der Waals surface area contributed by atoms with Gasteiger partial charge in [0.2, 0.25) is 0 Å². The Balaban J connectivity index is 1.90. The first-order valence-corrected chi connectivity index (χ1v) is 6.41. The van der Waals surface area contributed by atoms with Gasteiger partial charge in [0.15, 0.2) is 5.13 Å². The molecule has 15 heavy (non-hydrogen) atoms. The van der Waals surface area contributed by atoms with E-state index in [9.17, 15) is 0 Å². The van der Waals surface area contributed by atoms with Crippen LogP contribution in [0.15, 0.2) is 22.9 Å². The van der Waals surface area contributed by atoms with E-state index in [0.29, 0.717) is 5.13 Å². The second-order valence-electron chi connectivity index (χ2n) is 3.43. The molecule has 2 aromatic heterocycles. The summed E-state index contributed by atoms with van der Waals surface area (Å²) in [6.45, 7) is 1.82. The highest BCUT2D eigenvalue weighted by Gasteiger charge is 2.04. The molecule has 0 saturated carbocycles. The summed E-state index contributed by atoms with van der Waals surface area (Å²) in [6, 6.07) is 4.23. The molecule has 0 bridgehead atoms. The van der Waals surface area contributed by atoms with E-state index < -0.39 is 0 Å². The molecule has 0 aliphatic carbocycles. The highest BCUT2D eigenvalue weighted by atomic mass is 32.1. The van der Waals surface area contributed by atoms with Crippen molar-refractivity contribution in [1.29, 1.82) is 0 Å². The quantitative estimate of drug-likeness (QED) is 0.891. The fraction of sp³-hybridized carbons (Fsp3) is 0.300. The van der Waals surface area contributed by atoms with Gasteiger partial charge < -0.3 is 5.73 Å². The van der Waals surface area contributed by atoms with E-state index in [1.807, 2.05) is 5.38 Å². The van der Waals surface area contributed by atoms with Gasteiger partial charge in [-0.3, -0.25) is 4.90 Å². The topological polar surface area (TPSA) is 42.1 Å². The molecule has 0 saturated heterocycles. The lowest BCUT2D eigenvalue weighted by atomic mass is 10.4. The maximum atomic E-state index is 5.58. The fourth-order valence-corrected chi connectivity index (χ4v) is 2.73. The maximum absolute atomic E-state index is 5.58. The second kappa shape index (κ2) is 4.74. The first-order chi connectivity index (χ1) is 7.24. The molecule has 2 N–H and O–H groups in total. The van der Waals surface area contributed by atoms with Crippen molar-refractivity contribution in [2.24, 2.45) is 0 Å². The van der Waals surface area contributed by atoms with Crippen LogP contribution in [-0.2, 0) is 13.1 Å². The van der Waals surface area contributed by atoms with Gasteiger partial charge in [-0.1, -0.05) is 6.07 Å². The maximum Gasteiger partial charge on any atom is 0.180 e. The fourth-order valence-electron chi connectivity index (χ4n) is 1.40. The van der Waals surface area contributed by atoms with Gasteiger partial charge in [-0.25, -0.2) is 4.98 Å². The van der Waals surface area contributed by atoms with Gasteiger partial charge >= 0.3 is 0 Å². The van der Waals surface area contributed by atoms with E-state index in [1.165, 1.54) is 16.2 Å². The zero-order chi connectivity index (χ0) is 10.7. The van der Waals surface area contributed by atoms with Crippen LogP contribution in [0.4, 0.5) is 5.13 Å². The number of nitrogens with zero attached hydrogens (tertiary/aromatic N) is 2. The number of thiazole rings is 1. The van der Waals surface area contributed by atoms with E-state index >= 15 is 0 Å². The van der Waals surface area contributed by atoms with E-state index in [0.717, 1.165) is 18.8 Å². The van der Waals surface area contributed by atoms with Crippen LogP contribution in [0, 0.1) is 0 Å². The Labute approximate surface area is 97.2 Å². The van der Waals surface area contributed by atoms with E-state index in [2.05, 4.69) is 34.4 Å². The monoisotopic (exact) mass is 239 g/mol. The van der Waals surface area contributed by atoms with Crippen LogP contribution in [-0.4, -0.2) is 16.9 Å². The van der Waals surface area contributed by atoms with E-state index in [-0.39, 0.29) is 0 Å². The molecule has 2 aromatic rings. The van der Waals surface area contributed by atoms with Crippen molar-refractivity contribution in [1.82, 2.24) is 9.88 Å². The molecule has 0 radical (unpaired) electrons. The average Bonchev–Trinajstić information content (AvgIpc) is 2.77. The molecule has 0 fully saturated rings. The number of rotatable bonds is 4. The van der Waals surface area contributed by atoms with Crippen molar-refractivity contribution in [2.75, 3.05) is 12.8 Å². The highest BCUT2D eigenvalue weighted by molar-refractivity contribution is 7.13. The normalized spacial score (nSPS) is 11.1. The zero-order valence-corrected chi connectivity index (χ0v) is 10.1. The van der Waals surface area contributed by atoms with Gasteiger partial charge in [-0.15, -0.1) is 22.7 Å². The molecule has 3 nitrogen and oxygen atoms in total. The Morgan fingerprint density at radius 2 is 2.27 bits per heavy atom. The molecule has 2 heterocycles. The molecule has 2 rings (SSSR count). The summed E-state index contributed by atoms with van der Waals surface area (Å²) in [5, 5.41) is 4.76. The molecule has 0 atom stereocenters. The number of aromatic nitrogens is 1. The molecular formula is C10H13N3S2. The Morgan fingerprint density at radius 1 is 1.40 bits per heavy atom. The molecule has 0 aliphatic rings. The highest BCUT2D eigenvalue weighted by Crippen LogP contribution is 2.15. The molecule has 0 unspecified atom stereocenters. The summed E-state index contributed by atoms with van der Waals surface area (Å²) < 4.78 is 0. The Hall–Kier alpha value is -0.910. The van der Waals surface area contributed by atoms with Gasteiger partial charge in [-0.05, 0) is 18.5 Å². The van der Waals surface area contributed by atoms with Gasteiger partial charge in [0.25, 0.3) is 0 Å². The summed E-state index contributed by atoms with van der Waals surface area (Å²) in [6.07, 6.45) is 0. The van der Waals surface area contributed by atoms with Crippen molar-refractivity contribution >= 4 is 27.8 Å². The molecule has 80 valence electrons. The number of thiophene rings is 1. The molecule has 0 aromatic carbocycles. The van der Waals surface area contributed by atoms with Gasteiger partial charge in [0.1, 0.15) is 0 Å². The van der Waals surface area contributed by atoms with Crippen molar-refractivity contribution < 1.29 is 0 Å². The Bertz CT molecular complexity index is 408. The summed E-state index contributed by atoms with van der Waals surface area (Å²) in [5.41, 5.74) is 6.63. The van der Waals surface area contributed by atoms with Crippen LogP contribution in [0.5, 0.6) is 0 Å². The van der Waals surface area contributed by atoms with Gasteiger partial charge in [0, 0.05) is 23.3 Å². The smallest absolute Gasteiger partial charge is 0.180 e. The van der Waals surface area contributed by atoms with Crippen molar-refractivity contribution in [2.45, 2.75) is 13.1 Å². The lowest BCUT2D eigenvalue weighted by molar-refractivity contribution is 0.319. The predicted octanol–water partition coefficient (Wildman–Crippen LogP) is 2.42. The van der Waals surface area contributed by atoms with Crippen LogP contribution in [0.2, 0.25) is 0 Å². The number of hydrogen-bond donors (Lipinski definition) is 1. The number of nitrogens with two attached hydrogens (primary N) is 1. The number of nitrogen functional groups attached to an aromatic ring is 1. The number of anilines is 1. The molecular weight excluding hydrogens is 226 g/mol. The van der Waals surface area contributed by atoms with E-state index in [4.69, 9.17) is 5.73 Å². The standard InChI is InChI=1S/C10H13N3S2/c1-13(6-9-3-2-4-14-9)5-8-7-15-10(11)12-8/h2-4,7H,5-6H2,1H3,(H2,11,12). The lowest BCUT2D eigenvalue weighted by Crippen LogP contribution is -2.16. The minimum absolute atomic E-state index is 0.648. The Kier molecular flexibility index (Phi) is 3.35. The first-order valence-electron chi connectivity index (χ1n) is 4.65. The summed E-state index contributed by atoms with van der Waals surface area (Å²) in [4.78, 5) is 7.85. The van der Waals surface area contributed by atoms with Crippen molar-refractivity contribution in [3.63, 3.8) is 0 Å². The SMILES string of the molecule is CN(Cc1csc(N)n1)Cc1cccs1. The predicted molar refractivity (Wildman–Crippen MR) is 66.0 cm³/mol. The van der Waals surface area contributed by atoms with Crippen molar-refractivity contribution in [3.05, 3.63) is 33.5 Å². The zero-order valence-electron chi connectivity index (χ0n) is 8.51. The first kappa shape index (κ1) is 10.6.